The molecule has 108 valence electrons. The van der Waals surface area contributed by atoms with E-state index in [1.165, 1.54) is 24.3 Å². The van der Waals surface area contributed by atoms with Gasteiger partial charge in [0.1, 0.15) is 5.75 Å². The molecule has 0 radical (unpaired) electrons. The van der Waals surface area contributed by atoms with Crippen LogP contribution in [-0.4, -0.2) is 16.0 Å². The van der Waals surface area contributed by atoms with Crippen molar-refractivity contribution in [2.24, 2.45) is 0 Å². The second-order valence-electron chi connectivity index (χ2n) is 4.23. The number of nitrogens with zero attached hydrogens (tertiary/aromatic N) is 1. The summed E-state index contributed by atoms with van der Waals surface area (Å²) in [5, 5.41) is 20.0. The summed E-state index contributed by atoms with van der Waals surface area (Å²) in [7, 11) is 0. The van der Waals surface area contributed by atoms with Crippen LogP contribution in [0.3, 0.4) is 0 Å². The first-order chi connectivity index (χ1) is 9.90. The van der Waals surface area contributed by atoms with Crippen molar-refractivity contribution in [1.82, 2.24) is 0 Å². The first kappa shape index (κ1) is 15.0. The molecular weight excluding hydrogens is 342 g/mol. The number of nitro groups is 1. The molecule has 0 saturated heterocycles. The maximum atomic E-state index is 11.1. The number of benzene rings is 2. The highest BCUT2D eigenvalue weighted by Crippen LogP contribution is 2.35. The fourth-order valence-corrected chi connectivity index (χ4v) is 2.34. The van der Waals surface area contributed by atoms with Crippen LogP contribution in [0.25, 0.3) is 0 Å². The summed E-state index contributed by atoms with van der Waals surface area (Å²) in [6, 6.07) is 9.02. The molecule has 0 atom stereocenters. The molecule has 2 aromatic carbocycles. The Kier molecular flexibility index (Phi) is 4.23. The normalized spacial score (nSPS) is 10.2. The molecule has 2 aromatic rings. The molecule has 0 unspecified atom stereocenters. The van der Waals surface area contributed by atoms with E-state index < -0.39 is 10.9 Å². The Bertz CT molecular complexity index is 729. The average molecular weight is 352 g/mol. The maximum absolute atomic E-state index is 11.1. The summed E-state index contributed by atoms with van der Waals surface area (Å²) in [5.74, 6) is -0.662. The number of aromatic carboxylic acids is 1. The zero-order valence-electron chi connectivity index (χ0n) is 10.9. The van der Waals surface area contributed by atoms with Crippen molar-refractivity contribution in [2.45, 2.75) is 6.92 Å². The number of ether oxygens (including phenoxy) is 1. The van der Waals surface area contributed by atoms with Gasteiger partial charge in [-0.15, -0.1) is 0 Å². The molecule has 0 aliphatic carbocycles. The molecule has 21 heavy (non-hydrogen) atoms. The van der Waals surface area contributed by atoms with Crippen LogP contribution in [0.1, 0.15) is 15.9 Å². The Morgan fingerprint density at radius 1 is 1.33 bits per heavy atom. The lowest BCUT2D eigenvalue weighted by Gasteiger charge is -2.09. The molecule has 0 amide bonds. The number of hydrogen-bond donors (Lipinski definition) is 1. The van der Waals surface area contributed by atoms with Crippen molar-refractivity contribution in [2.75, 3.05) is 0 Å². The van der Waals surface area contributed by atoms with Gasteiger partial charge in [-0.2, -0.15) is 0 Å². The summed E-state index contributed by atoms with van der Waals surface area (Å²) >= 11 is 3.13. The lowest BCUT2D eigenvalue weighted by molar-refractivity contribution is -0.386. The van der Waals surface area contributed by atoms with Crippen LogP contribution in [0.5, 0.6) is 11.5 Å². The summed E-state index contributed by atoms with van der Waals surface area (Å²) in [4.78, 5) is 21.5. The van der Waals surface area contributed by atoms with Crippen LogP contribution < -0.4 is 4.74 Å². The van der Waals surface area contributed by atoms with Crippen molar-refractivity contribution in [3.05, 3.63) is 62.1 Å². The molecule has 0 aliphatic heterocycles. The van der Waals surface area contributed by atoms with Crippen LogP contribution in [-0.2, 0) is 0 Å². The fraction of sp³-hybridized carbons (Fsp3) is 0.0714. The molecule has 0 aliphatic rings. The monoisotopic (exact) mass is 351 g/mol. The van der Waals surface area contributed by atoms with E-state index in [0.717, 1.165) is 0 Å². The number of carbonyl (C=O) groups is 1. The number of carboxylic acid groups (broad SMARTS) is 1. The highest BCUT2D eigenvalue weighted by molar-refractivity contribution is 9.10. The Morgan fingerprint density at radius 3 is 2.62 bits per heavy atom. The van der Waals surface area contributed by atoms with E-state index in [0.29, 0.717) is 15.8 Å². The van der Waals surface area contributed by atoms with E-state index in [1.807, 2.05) is 0 Å². The smallest absolute Gasteiger partial charge is 0.336 e. The van der Waals surface area contributed by atoms with Crippen molar-refractivity contribution in [3.8, 4) is 11.5 Å². The third-order valence-electron chi connectivity index (χ3n) is 2.78. The lowest BCUT2D eigenvalue weighted by atomic mass is 10.2. The maximum Gasteiger partial charge on any atom is 0.336 e. The van der Waals surface area contributed by atoms with E-state index in [1.54, 1.807) is 19.1 Å². The average Bonchev–Trinajstić information content (AvgIpc) is 2.37. The second kappa shape index (κ2) is 5.92. The largest absolute Gasteiger partial charge is 0.478 e. The lowest BCUT2D eigenvalue weighted by Crippen LogP contribution is -1.99. The number of nitro benzene ring substituents is 1. The molecule has 0 heterocycles. The highest BCUT2D eigenvalue weighted by Gasteiger charge is 2.19. The van der Waals surface area contributed by atoms with Crippen LogP contribution in [0.2, 0.25) is 0 Å². The third kappa shape index (κ3) is 3.19. The SMILES string of the molecule is Cc1cccc(Oc2ccc(C(=O)O)c(Br)c2)c1[N+](=O)[O-]. The van der Waals surface area contributed by atoms with Gasteiger partial charge in [-0.25, -0.2) is 4.79 Å². The predicted molar refractivity (Wildman–Crippen MR) is 79.0 cm³/mol. The minimum atomic E-state index is -1.07. The van der Waals surface area contributed by atoms with Crippen LogP contribution >= 0.6 is 15.9 Å². The summed E-state index contributed by atoms with van der Waals surface area (Å²) in [6.07, 6.45) is 0. The molecule has 6 nitrogen and oxygen atoms in total. The first-order valence-corrected chi connectivity index (χ1v) is 6.64. The molecule has 0 fully saturated rings. The summed E-state index contributed by atoms with van der Waals surface area (Å²) < 4.78 is 5.84. The fourth-order valence-electron chi connectivity index (χ4n) is 1.81. The first-order valence-electron chi connectivity index (χ1n) is 5.85. The van der Waals surface area contributed by atoms with Crippen molar-refractivity contribution in [1.29, 1.82) is 0 Å². The van der Waals surface area contributed by atoms with Crippen LogP contribution in [0.4, 0.5) is 5.69 Å². The van der Waals surface area contributed by atoms with Crippen molar-refractivity contribution >= 4 is 27.6 Å². The molecule has 0 bridgehead atoms. The topological polar surface area (TPSA) is 89.7 Å². The second-order valence-corrected chi connectivity index (χ2v) is 5.08. The number of halogens is 1. The molecule has 2 rings (SSSR count). The van der Waals surface area contributed by atoms with Gasteiger partial charge >= 0.3 is 11.7 Å². The van der Waals surface area contributed by atoms with Gasteiger partial charge in [-0.3, -0.25) is 10.1 Å². The molecule has 7 heteroatoms. The molecule has 0 spiro atoms. The predicted octanol–water partition coefficient (Wildman–Crippen LogP) is 4.16. The van der Waals surface area contributed by atoms with E-state index >= 15 is 0 Å². The highest BCUT2D eigenvalue weighted by atomic mass is 79.9. The van der Waals surface area contributed by atoms with Gasteiger partial charge in [-0.1, -0.05) is 12.1 Å². The third-order valence-corrected chi connectivity index (χ3v) is 3.44. The Hall–Kier alpha value is -2.41. The zero-order chi connectivity index (χ0) is 15.6. The number of hydrogen-bond acceptors (Lipinski definition) is 4. The Labute approximate surface area is 128 Å². The zero-order valence-corrected chi connectivity index (χ0v) is 12.5. The molecule has 0 saturated carbocycles. The van der Waals surface area contributed by atoms with Gasteiger partial charge < -0.3 is 9.84 Å². The van der Waals surface area contributed by atoms with Crippen molar-refractivity contribution < 1.29 is 19.6 Å². The molecule has 0 aromatic heterocycles. The van der Waals surface area contributed by atoms with E-state index in [4.69, 9.17) is 9.84 Å². The summed E-state index contributed by atoms with van der Waals surface area (Å²) in [5.41, 5.74) is 0.454. The van der Waals surface area contributed by atoms with E-state index in [2.05, 4.69) is 15.9 Å². The number of aryl methyl sites for hydroxylation is 1. The number of para-hydroxylation sites is 1. The van der Waals surface area contributed by atoms with Gasteiger partial charge in [0.15, 0.2) is 0 Å². The van der Waals surface area contributed by atoms with E-state index in [-0.39, 0.29) is 17.0 Å². The van der Waals surface area contributed by atoms with Gasteiger partial charge in [0, 0.05) is 10.0 Å². The molecule has 1 N–H and O–H groups in total. The number of rotatable bonds is 4. The van der Waals surface area contributed by atoms with Gasteiger partial charge in [0.05, 0.1) is 10.5 Å². The Morgan fingerprint density at radius 2 is 2.05 bits per heavy atom. The number of carboxylic acids is 1. The molecular formula is C14H10BrNO5. The van der Waals surface area contributed by atoms with Gasteiger partial charge in [0.2, 0.25) is 5.75 Å². The standard InChI is InChI=1S/C14H10BrNO5/c1-8-3-2-4-12(13(8)16(19)20)21-9-5-6-10(14(17)18)11(15)7-9/h2-7H,1H3,(H,17,18). The Balaban J connectivity index is 2.39. The minimum Gasteiger partial charge on any atom is -0.478 e. The van der Waals surface area contributed by atoms with Crippen molar-refractivity contribution in [3.63, 3.8) is 0 Å². The minimum absolute atomic E-state index is 0.0843. The van der Waals surface area contributed by atoms with Crippen LogP contribution in [0.15, 0.2) is 40.9 Å². The quantitative estimate of drug-likeness (QED) is 0.659. The van der Waals surface area contributed by atoms with E-state index in [9.17, 15) is 14.9 Å². The van der Waals surface area contributed by atoms with Gasteiger partial charge in [0.25, 0.3) is 0 Å². The van der Waals surface area contributed by atoms with Crippen LogP contribution in [0, 0.1) is 17.0 Å². The summed E-state index contributed by atoms with van der Waals surface area (Å²) in [6.45, 7) is 1.62. The van der Waals surface area contributed by atoms with Gasteiger partial charge in [-0.05, 0) is 47.1 Å².